The number of aryl methyl sites for hydroxylation is 1. The molecule has 26 heavy (non-hydrogen) atoms. The highest BCUT2D eigenvalue weighted by molar-refractivity contribution is 8.00. The van der Waals surface area contributed by atoms with E-state index >= 15 is 0 Å². The summed E-state index contributed by atoms with van der Waals surface area (Å²) in [5, 5.41) is 5.00. The Morgan fingerprint density at radius 1 is 1.04 bits per heavy atom. The third-order valence-electron chi connectivity index (χ3n) is 4.16. The van der Waals surface area contributed by atoms with E-state index in [0.717, 1.165) is 27.3 Å². The van der Waals surface area contributed by atoms with Crippen molar-refractivity contribution >= 4 is 28.6 Å². The summed E-state index contributed by atoms with van der Waals surface area (Å²) in [7, 11) is 0. The first kappa shape index (κ1) is 18.4. The Bertz CT molecular complexity index is 896. The lowest BCUT2D eigenvalue weighted by Gasteiger charge is -2.23. The second kappa shape index (κ2) is 8.32. The molecule has 1 aromatic heterocycles. The fraction of sp³-hybridized carbons (Fsp3) is 0.286. The van der Waals surface area contributed by atoms with Crippen LogP contribution in [0.15, 0.2) is 59.6 Å². The van der Waals surface area contributed by atoms with Crippen LogP contribution in [0, 0.1) is 12.8 Å². The minimum atomic E-state index is 0.00757. The van der Waals surface area contributed by atoms with Crippen LogP contribution in [0.5, 0.6) is 0 Å². The SMILES string of the molecule is Cc1nc(SCC(=O)NC(c2ccccc2)C(C)C)c2ccccc2n1. The standard InChI is InChI=1S/C21H23N3OS/c1-14(2)20(16-9-5-4-6-10-16)24-19(25)13-26-21-17-11-7-8-12-18(17)22-15(3)23-21/h4-12,14,20H,13H2,1-3H3,(H,24,25). The minimum Gasteiger partial charge on any atom is -0.348 e. The van der Waals surface area contributed by atoms with Gasteiger partial charge in [-0.1, -0.05) is 74.1 Å². The molecule has 1 heterocycles. The molecule has 1 unspecified atom stereocenters. The van der Waals surface area contributed by atoms with Crippen molar-refractivity contribution in [3.05, 3.63) is 66.0 Å². The number of nitrogens with zero attached hydrogens (tertiary/aromatic N) is 2. The molecular formula is C21H23N3OS. The number of thioether (sulfide) groups is 1. The van der Waals surface area contributed by atoms with Gasteiger partial charge in [-0.15, -0.1) is 0 Å². The second-order valence-corrected chi connectivity index (χ2v) is 7.55. The Hall–Kier alpha value is -2.40. The molecule has 0 spiro atoms. The zero-order chi connectivity index (χ0) is 18.5. The van der Waals surface area contributed by atoms with E-state index in [4.69, 9.17) is 0 Å². The summed E-state index contributed by atoms with van der Waals surface area (Å²) in [6.07, 6.45) is 0. The number of para-hydroxylation sites is 1. The monoisotopic (exact) mass is 365 g/mol. The van der Waals surface area contributed by atoms with Crippen LogP contribution in [0.4, 0.5) is 0 Å². The van der Waals surface area contributed by atoms with Crippen molar-refractivity contribution in [3.63, 3.8) is 0 Å². The maximum absolute atomic E-state index is 12.6. The Morgan fingerprint density at radius 3 is 2.46 bits per heavy atom. The van der Waals surface area contributed by atoms with Gasteiger partial charge in [0.05, 0.1) is 17.3 Å². The molecule has 3 rings (SSSR count). The lowest BCUT2D eigenvalue weighted by atomic mass is 9.96. The van der Waals surface area contributed by atoms with Gasteiger partial charge in [-0.3, -0.25) is 4.79 Å². The normalized spacial score (nSPS) is 12.3. The lowest BCUT2D eigenvalue weighted by Crippen LogP contribution is -2.33. The minimum absolute atomic E-state index is 0.00757. The summed E-state index contributed by atoms with van der Waals surface area (Å²) in [6.45, 7) is 6.11. The second-order valence-electron chi connectivity index (χ2n) is 6.58. The van der Waals surface area contributed by atoms with Crippen molar-refractivity contribution in [1.29, 1.82) is 0 Å². The molecule has 3 aromatic rings. The van der Waals surface area contributed by atoms with Crippen LogP contribution in [0.1, 0.15) is 31.3 Å². The van der Waals surface area contributed by atoms with Crippen molar-refractivity contribution < 1.29 is 4.79 Å². The molecular weight excluding hydrogens is 342 g/mol. The number of aromatic nitrogens is 2. The van der Waals surface area contributed by atoms with Crippen LogP contribution in [0.3, 0.4) is 0 Å². The van der Waals surface area contributed by atoms with Gasteiger partial charge in [-0.25, -0.2) is 9.97 Å². The Labute approximate surface area is 158 Å². The molecule has 0 aliphatic heterocycles. The summed E-state index contributed by atoms with van der Waals surface area (Å²) in [5.41, 5.74) is 2.04. The summed E-state index contributed by atoms with van der Waals surface area (Å²) >= 11 is 1.46. The molecule has 4 nitrogen and oxygen atoms in total. The molecule has 134 valence electrons. The average molecular weight is 366 g/mol. The van der Waals surface area contributed by atoms with E-state index in [2.05, 4.69) is 41.3 Å². The van der Waals surface area contributed by atoms with Gasteiger partial charge in [0.2, 0.25) is 5.91 Å². The molecule has 5 heteroatoms. The van der Waals surface area contributed by atoms with E-state index in [0.29, 0.717) is 11.7 Å². The van der Waals surface area contributed by atoms with Crippen molar-refractivity contribution in [1.82, 2.24) is 15.3 Å². The van der Waals surface area contributed by atoms with Gasteiger partial charge >= 0.3 is 0 Å². The summed E-state index contributed by atoms with van der Waals surface area (Å²) in [5.74, 6) is 1.37. The van der Waals surface area contributed by atoms with Crippen LogP contribution < -0.4 is 5.32 Å². The van der Waals surface area contributed by atoms with Gasteiger partial charge in [0, 0.05) is 5.39 Å². The number of rotatable bonds is 6. The average Bonchev–Trinajstić information content (AvgIpc) is 2.64. The van der Waals surface area contributed by atoms with Crippen molar-refractivity contribution in [2.45, 2.75) is 31.8 Å². The quantitative estimate of drug-likeness (QED) is 0.514. The van der Waals surface area contributed by atoms with Crippen LogP contribution in [-0.4, -0.2) is 21.6 Å². The summed E-state index contributed by atoms with van der Waals surface area (Å²) < 4.78 is 0. The number of benzene rings is 2. The highest BCUT2D eigenvalue weighted by Crippen LogP contribution is 2.26. The number of hydrogen-bond donors (Lipinski definition) is 1. The predicted octanol–water partition coefficient (Wildman–Crippen LogP) is 4.54. The Balaban J connectivity index is 1.71. The molecule has 0 saturated carbocycles. The van der Waals surface area contributed by atoms with Crippen LogP contribution >= 0.6 is 11.8 Å². The lowest BCUT2D eigenvalue weighted by molar-refractivity contribution is -0.119. The zero-order valence-electron chi connectivity index (χ0n) is 15.3. The highest BCUT2D eigenvalue weighted by atomic mass is 32.2. The van der Waals surface area contributed by atoms with E-state index < -0.39 is 0 Å². The summed E-state index contributed by atoms with van der Waals surface area (Å²) in [6, 6.07) is 18.0. The topological polar surface area (TPSA) is 54.9 Å². The smallest absolute Gasteiger partial charge is 0.230 e. The molecule has 0 aliphatic rings. The van der Waals surface area contributed by atoms with Crippen molar-refractivity contribution in [2.24, 2.45) is 5.92 Å². The van der Waals surface area contributed by atoms with Crippen LogP contribution in [0.25, 0.3) is 10.9 Å². The Morgan fingerprint density at radius 2 is 1.73 bits per heavy atom. The number of nitrogens with one attached hydrogen (secondary N) is 1. The maximum Gasteiger partial charge on any atom is 0.230 e. The number of hydrogen-bond acceptors (Lipinski definition) is 4. The van der Waals surface area contributed by atoms with E-state index in [9.17, 15) is 4.79 Å². The number of amides is 1. The van der Waals surface area contributed by atoms with Gasteiger partial charge in [0.15, 0.2) is 0 Å². The largest absolute Gasteiger partial charge is 0.348 e. The van der Waals surface area contributed by atoms with Gasteiger partial charge in [-0.2, -0.15) is 0 Å². The van der Waals surface area contributed by atoms with Gasteiger partial charge in [0.1, 0.15) is 10.9 Å². The molecule has 1 N–H and O–H groups in total. The zero-order valence-corrected chi connectivity index (χ0v) is 16.1. The first-order chi connectivity index (χ1) is 12.5. The molecule has 2 aromatic carbocycles. The number of fused-ring (bicyclic) bond motifs is 1. The fourth-order valence-electron chi connectivity index (χ4n) is 2.91. The molecule has 1 atom stereocenters. The third kappa shape index (κ3) is 4.41. The first-order valence-corrected chi connectivity index (χ1v) is 9.73. The van der Waals surface area contributed by atoms with Crippen molar-refractivity contribution in [3.8, 4) is 0 Å². The maximum atomic E-state index is 12.6. The van der Waals surface area contributed by atoms with Gasteiger partial charge in [-0.05, 0) is 24.5 Å². The molecule has 0 bridgehead atoms. The van der Waals surface area contributed by atoms with E-state index in [1.165, 1.54) is 11.8 Å². The highest BCUT2D eigenvalue weighted by Gasteiger charge is 2.18. The number of carbonyl (C=O) groups is 1. The van der Waals surface area contributed by atoms with Crippen LogP contribution in [0.2, 0.25) is 0 Å². The van der Waals surface area contributed by atoms with Crippen LogP contribution in [-0.2, 0) is 4.79 Å². The van der Waals surface area contributed by atoms with E-state index in [1.807, 2.05) is 49.4 Å². The summed E-state index contributed by atoms with van der Waals surface area (Å²) in [4.78, 5) is 21.5. The van der Waals surface area contributed by atoms with E-state index in [1.54, 1.807) is 0 Å². The van der Waals surface area contributed by atoms with Crippen molar-refractivity contribution in [2.75, 3.05) is 5.75 Å². The molecule has 0 radical (unpaired) electrons. The first-order valence-electron chi connectivity index (χ1n) is 8.75. The molecule has 1 amide bonds. The van der Waals surface area contributed by atoms with E-state index in [-0.39, 0.29) is 11.9 Å². The Kier molecular flexibility index (Phi) is 5.89. The third-order valence-corrected chi connectivity index (χ3v) is 5.15. The predicted molar refractivity (Wildman–Crippen MR) is 107 cm³/mol. The molecule has 0 saturated heterocycles. The van der Waals surface area contributed by atoms with Gasteiger partial charge in [0.25, 0.3) is 0 Å². The van der Waals surface area contributed by atoms with Gasteiger partial charge < -0.3 is 5.32 Å². The molecule has 0 aliphatic carbocycles. The number of carbonyl (C=O) groups excluding carboxylic acids is 1. The fourth-order valence-corrected chi connectivity index (χ4v) is 3.79. The molecule has 0 fully saturated rings.